The minimum atomic E-state index is -0.0406. The van der Waals surface area contributed by atoms with Crippen molar-refractivity contribution in [1.29, 1.82) is 0 Å². The average Bonchev–Trinajstić information content (AvgIpc) is 3.01. The molecule has 0 spiro atoms. The Hall–Kier alpha value is -2.14. The van der Waals surface area contributed by atoms with E-state index in [1.54, 1.807) is 0 Å². The van der Waals surface area contributed by atoms with Crippen LogP contribution in [0.25, 0.3) is 16.8 Å². The molecule has 0 aromatic heterocycles. The molecular weight excluding hydrogens is 515 g/mol. The highest BCUT2D eigenvalue weighted by molar-refractivity contribution is 6.09. The molecule has 0 amide bonds. The van der Waals surface area contributed by atoms with E-state index < -0.39 is 0 Å². The SMILES string of the molecule is CCCCCC[N+]1=C(/C=C/c2ccc(N(C)C)cc2)C(C)(C)c2c1ccc1ccccc21.[I-]. The highest BCUT2D eigenvalue weighted by atomic mass is 127. The summed E-state index contributed by atoms with van der Waals surface area (Å²) in [6.45, 7) is 8.13. The molecule has 0 N–H and O–H groups in total. The highest BCUT2D eigenvalue weighted by Gasteiger charge is 2.45. The lowest BCUT2D eigenvalue weighted by atomic mass is 9.79. The Labute approximate surface area is 217 Å². The molecule has 4 rings (SSSR count). The molecule has 1 aliphatic rings. The van der Waals surface area contributed by atoms with Gasteiger partial charge in [0.05, 0.1) is 5.41 Å². The first kappa shape index (κ1) is 25.5. The van der Waals surface area contributed by atoms with Crippen molar-refractivity contribution in [3.05, 3.63) is 77.9 Å². The Morgan fingerprint density at radius 3 is 2.27 bits per heavy atom. The molecule has 0 fully saturated rings. The molecule has 0 saturated heterocycles. The van der Waals surface area contributed by atoms with E-state index in [0.717, 1.165) is 6.54 Å². The average molecular weight is 553 g/mol. The van der Waals surface area contributed by atoms with Gasteiger partial charge in [-0.2, -0.15) is 4.58 Å². The summed E-state index contributed by atoms with van der Waals surface area (Å²) in [7, 11) is 4.17. The third kappa shape index (κ3) is 5.18. The minimum Gasteiger partial charge on any atom is -1.00 e. The number of benzene rings is 3. The number of anilines is 1. The second-order valence-corrected chi connectivity index (χ2v) is 9.72. The lowest BCUT2D eigenvalue weighted by molar-refractivity contribution is -0.438. The smallest absolute Gasteiger partial charge is 0.210 e. The molecule has 33 heavy (non-hydrogen) atoms. The fourth-order valence-electron chi connectivity index (χ4n) is 5.03. The zero-order valence-electron chi connectivity index (χ0n) is 20.7. The van der Waals surface area contributed by atoms with E-state index in [4.69, 9.17) is 0 Å². The van der Waals surface area contributed by atoms with Gasteiger partial charge in [0.25, 0.3) is 0 Å². The van der Waals surface area contributed by atoms with Gasteiger partial charge in [-0.05, 0) is 60.9 Å². The second-order valence-electron chi connectivity index (χ2n) is 9.72. The maximum absolute atomic E-state index is 2.59. The topological polar surface area (TPSA) is 6.25 Å². The zero-order chi connectivity index (χ0) is 22.7. The number of rotatable bonds is 8. The van der Waals surface area contributed by atoms with Crippen LogP contribution in [0.1, 0.15) is 57.6 Å². The van der Waals surface area contributed by atoms with E-state index in [0.29, 0.717) is 0 Å². The number of halogens is 1. The molecule has 0 aliphatic carbocycles. The molecule has 0 bridgehead atoms. The van der Waals surface area contributed by atoms with E-state index in [9.17, 15) is 0 Å². The second kappa shape index (κ2) is 10.9. The van der Waals surface area contributed by atoms with E-state index in [1.807, 2.05) is 0 Å². The van der Waals surface area contributed by atoms with Gasteiger partial charge >= 0.3 is 0 Å². The maximum Gasteiger partial charge on any atom is 0.210 e. The third-order valence-corrected chi connectivity index (χ3v) is 6.83. The van der Waals surface area contributed by atoms with Gasteiger partial charge in [0.15, 0.2) is 5.71 Å². The van der Waals surface area contributed by atoms with Gasteiger partial charge in [-0.3, -0.25) is 0 Å². The van der Waals surface area contributed by atoms with E-state index in [-0.39, 0.29) is 29.4 Å². The van der Waals surface area contributed by atoms with Crippen LogP contribution in [-0.2, 0) is 5.41 Å². The molecule has 3 heteroatoms. The number of hydrogen-bond acceptors (Lipinski definition) is 1. The van der Waals surface area contributed by atoms with Crippen LogP contribution in [0.15, 0.2) is 66.7 Å². The van der Waals surface area contributed by atoms with Crippen LogP contribution in [0.2, 0.25) is 0 Å². The fourth-order valence-corrected chi connectivity index (χ4v) is 5.03. The quantitative estimate of drug-likeness (QED) is 0.225. The summed E-state index contributed by atoms with van der Waals surface area (Å²) < 4.78 is 2.59. The molecule has 2 nitrogen and oxygen atoms in total. The molecule has 174 valence electrons. The van der Waals surface area contributed by atoms with Crippen molar-refractivity contribution in [2.24, 2.45) is 0 Å². The van der Waals surface area contributed by atoms with Crippen molar-refractivity contribution < 1.29 is 28.6 Å². The molecule has 0 unspecified atom stereocenters. The highest BCUT2D eigenvalue weighted by Crippen LogP contribution is 2.44. The third-order valence-electron chi connectivity index (χ3n) is 6.83. The largest absolute Gasteiger partial charge is 1.00 e. The summed E-state index contributed by atoms with van der Waals surface area (Å²) in [5.41, 5.74) is 6.68. The molecule has 1 aliphatic heterocycles. The Morgan fingerprint density at radius 2 is 1.58 bits per heavy atom. The monoisotopic (exact) mass is 552 g/mol. The molecule has 1 heterocycles. The first-order valence-corrected chi connectivity index (χ1v) is 12.1. The number of unbranched alkanes of at least 4 members (excludes halogenated alkanes) is 3. The van der Waals surface area contributed by atoms with Gasteiger partial charge in [0.1, 0.15) is 6.54 Å². The van der Waals surface area contributed by atoms with Crippen molar-refractivity contribution in [3.63, 3.8) is 0 Å². The lowest BCUT2D eigenvalue weighted by Gasteiger charge is -2.17. The number of hydrogen-bond donors (Lipinski definition) is 0. The zero-order valence-corrected chi connectivity index (χ0v) is 22.9. The fraction of sp³-hybridized carbons (Fsp3) is 0.367. The van der Waals surface area contributed by atoms with Crippen LogP contribution in [0.5, 0.6) is 0 Å². The summed E-state index contributed by atoms with van der Waals surface area (Å²) in [6, 6.07) is 22.3. The first-order valence-electron chi connectivity index (χ1n) is 12.1. The predicted molar refractivity (Wildman–Crippen MR) is 141 cm³/mol. The van der Waals surface area contributed by atoms with Crippen molar-refractivity contribution in [3.8, 4) is 0 Å². The van der Waals surface area contributed by atoms with Crippen LogP contribution in [0, 0.1) is 0 Å². The summed E-state index contributed by atoms with van der Waals surface area (Å²) in [5, 5.41) is 2.71. The van der Waals surface area contributed by atoms with Gasteiger partial charge < -0.3 is 28.9 Å². The van der Waals surface area contributed by atoms with Gasteiger partial charge in [0, 0.05) is 43.9 Å². The Balaban J connectivity index is 0.00000306. The van der Waals surface area contributed by atoms with Gasteiger partial charge in [-0.15, -0.1) is 0 Å². The van der Waals surface area contributed by atoms with E-state index >= 15 is 0 Å². The molecule has 0 saturated carbocycles. The van der Waals surface area contributed by atoms with Crippen LogP contribution in [0.4, 0.5) is 11.4 Å². The number of fused-ring (bicyclic) bond motifs is 3. The summed E-state index contributed by atoms with van der Waals surface area (Å²) in [4.78, 5) is 2.14. The van der Waals surface area contributed by atoms with Crippen LogP contribution in [-0.4, -0.2) is 30.9 Å². The summed E-state index contributed by atoms with van der Waals surface area (Å²) in [6.07, 6.45) is 9.74. The van der Waals surface area contributed by atoms with Gasteiger partial charge in [0.2, 0.25) is 5.69 Å². The van der Waals surface area contributed by atoms with Crippen molar-refractivity contribution in [2.45, 2.75) is 51.9 Å². The van der Waals surface area contributed by atoms with Crippen molar-refractivity contribution in [1.82, 2.24) is 0 Å². The van der Waals surface area contributed by atoms with Gasteiger partial charge in [-0.1, -0.05) is 56.2 Å². The summed E-state index contributed by atoms with van der Waals surface area (Å²) >= 11 is 0. The van der Waals surface area contributed by atoms with Crippen LogP contribution < -0.4 is 28.9 Å². The van der Waals surface area contributed by atoms with Crippen molar-refractivity contribution in [2.75, 3.05) is 25.5 Å². The maximum atomic E-state index is 2.59. The molecule has 0 atom stereocenters. The molecular formula is C30H37IN2. The van der Waals surface area contributed by atoms with Crippen LogP contribution in [0.3, 0.4) is 0 Å². The normalized spacial score (nSPS) is 14.6. The van der Waals surface area contributed by atoms with Gasteiger partial charge in [-0.25, -0.2) is 0 Å². The Bertz CT molecular complexity index is 1150. The number of allylic oxidation sites excluding steroid dienone is 1. The lowest BCUT2D eigenvalue weighted by Crippen LogP contribution is -3.00. The number of nitrogens with zero attached hydrogens (tertiary/aromatic N) is 2. The van der Waals surface area contributed by atoms with E-state index in [2.05, 4.69) is 117 Å². The summed E-state index contributed by atoms with van der Waals surface area (Å²) in [5.74, 6) is 0. The Morgan fingerprint density at radius 1 is 0.848 bits per heavy atom. The minimum absolute atomic E-state index is 0. The molecule has 3 aromatic carbocycles. The predicted octanol–water partition coefficient (Wildman–Crippen LogP) is 4.58. The first-order chi connectivity index (χ1) is 15.4. The molecule has 0 radical (unpaired) electrons. The Kier molecular flexibility index (Phi) is 8.38. The van der Waals surface area contributed by atoms with E-state index in [1.165, 1.54) is 64.7 Å². The van der Waals surface area contributed by atoms with Crippen molar-refractivity contribution >= 4 is 33.9 Å². The molecule has 3 aromatic rings. The van der Waals surface area contributed by atoms with Crippen LogP contribution >= 0.6 is 0 Å². The standard InChI is InChI=1S/C30H37N2.HI/c1-6-7-8-11-22-32-27-20-17-24-12-9-10-13-26(24)29(27)30(2,3)28(32)21-16-23-14-18-25(19-15-23)31(4)5;/h9-10,12-21H,6-8,11,22H2,1-5H3;1H/q+1;/p-1.